The topological polar surface area (TPSA) is 44.8 Å². The number of hydrogen-bond acceptors (Lipinski definition) is 4. The molecule has 1 saturated heterocycles. The van der Waals surface area contributed by atoms with Gasteiger partial charge in [-0.1, -0.05) is 29.8 Å². The van der Waals surface area contributed by atoms with E-state index in [0.717, 1.165) is 37.6 Å². The van der Waals surface area contributed by atoms with Crippen LogP contribution in [0.2, 0.25) is 5.02 Å². The summed E-state index contributed by atoms with van der Waals surface area (Å²) in [7, 11) is 1.68. The average Bonchev–Trinajstić information content (AvgIpc) is 2.69. The van der Waals surface area contributed by atoms with Crippen molar-refractivity contribution >= 4 is 28.9 Å². The van der Waals surface area contributed by atoms with Crippen molar-refractivity contribution in [2.24, 2.45) is 0 Å². The van der Waals surface area contributed by atoms with Crippen LogP contribution in [0.25, 0.3) is 0 Å². The molecule has 0 saturated carbocycles. The molecule has 1 N–H and O–H groups in total. The van der Waals surface area contributed by atoms with E-state index in [0.29, 0.717) is 10.7 Å². The first-order chi connectivity index (χ1) is 12.6. The summed E-state index contributed by atoms with van der Waals surface area (Å²) in [6, 6.07) is 15.2. The largest absolute Gasteiger partial charge is 0.497 e. The van der Waals surface area contributed by atoms with Crippen molar-refractivity contribution < 1.29 is 9.53 Å². The van der Waals surface area contributed by atoms with Gasteiger partial charge in [0.25, 0.3) is 0 Å². The van der Waals surface area contributed by atoms with Crippen molar-refractivity contribution in [2.45, 2.75) is 13.0 Å². The SMILES string of the molecule is COc1cccc(N2CCN([C@H](C)C(=O)Nc3ccccc3Cl)CC2)c1. The monoisotopic (exact) mass is 373 g/mol. The number of amides is 1. The molecule has 0 bridgehead atoms. The molecule has 1 heterocycles. The fraction of sp³-hybridized carbons (Fsp3) is 0.350. The second-order valence-corrected chi connectivity index (χ2v) is 6.78. The van der Waals surface area contributed by atoms with Crippen molar-refractivity contribution in [3.63, 3.8) is 0 Å². The zero-order valence-corrected chi connectivity index (χ0v) is 15.9. The van der Waals surface area contributed by atoms with Gasteiger partial charge < -0.3 is 15.0 Å². The molecule has 3 rings (SSSR count). The normalized spacial score (nSPS) is 16.2. The highest BCUT2D eigenvalue weighted by Crippen LogP contribution is 2.23. The Morgan fingerprint density at radius 3 is 2.54 bits per heavy atom. The molecule has 0 aromatic heterocycles. The fourth-order valence-electron chi connectivity index (χ4n) is 3.14. The van der Waals surface area contributed by atoms with Crippen LogP contribution in [0.3, 0.4) is 0 Å². The van der Waals surface area contributed by atoms with Crippen LogP contribution in [0.1, 0.15) is 6.92 Å². The Kier molecular flexibility index (Phi) is 6.01. The smallest absolute Gasteiger partial charge is 0.241 e. The Hall–Kier alpha value is -2.24. The molecule has 1 atom stereocenters. The van der Waals surface area contributed by atoms with E-state index in [1.165, 1.54) is 0 Å². The summed E-state index contributed by atoms with van der Waals surface area (Å²) in [4.78, 5) is 17.1. The van der Waals surface area contributed by atoms with E-state index in [4.69, 9.17) is 16.3 Å². The number of methoxy groups -OCH3 is 1. The molecule has 1 fully saturated rings. The number of carbonyl (C=O) groups excluding carboxylic acids is 1. The lowest BCUT2D eigenvalue weighted by Crippen LogP contribution is -2.52. The number of para-hydroxylation sites is 1. The van der Waals surface area contributed by atoms with Gasteiger partial charge in [-0.05, 0) is 31.2 Å². The van der Waals surface area contributed by atoms with Gasteiger partial charge in [-0.3, -0.25) is 9.69 Å². The quantitative estimate of drug-likeness (QED) is 0.871. The van der Waals surface area contributed by atoms with Crippen LogP contribution in [-0.4, -0.2) is 50.1 Å². The van der Waals surface area contributed by atoms with Crippen molar-refractivity contribution in [2.75, 3.05) is 43.5 Å². The number of anilines is 2. The molecule has 0 unspecified atom stereocenters. The summed E-state index contributed by atoms with van der Waals surface area (Å²) in [6.45, 7) is 5.34. The minimum atomic E-state index is -0.210. The van der Waals surface area contributed by atoms with Crippen molar-refractivity contribution in [3.8, 4) is 5.75 Å². The number of nitrogens with zero attached hydrogens (tertiary/aromatic N) is 2. The minimum absolute atomic E-state index is 0.0343. The highest BCUT2D eigenvalue weighted by molar-refractivity contribution is 6.33. The number of carbonyl (C=O) groups is 1. The van der Waals surface area contributed by atoms with Gasteiger partial charge in [0.2, 0.25) is 5.91 Å². The zero-order valence-electron chi connectivity index (χ0n) is 15.1. The number of halogens is 1. The van der Waals surface area contributed by atoms with Gasteiger partial charge in [0.15, 0.2) is 0 Å². The molecule has 0 radical (unpaired) electrons. The standard InChI is InChI=1S/C20H24ClN3O2/c1-15(20(25)22-19-9-4-3-8-18(19)21)23-10-12-24(13-11-23)16-6-5-7-17(14-16)26-2/h3-9,14-15H,10-13H2,1-2H3,(H,22,25)/t15-/m1/s1. The third-order valence-corrected chi connectivity index (χ3v) is 5.12. The summed E-state index contributed by atoms with van der Waals surface area (Å²) in [6.07, 6.45) is 0. The van der Waals surface area contributed by atoms with Gasteiger partial charge in [0.05, 0.1) is 23.9 Å². The van der Waals surface area contributed by atoms with Crippen LogP contribution < -0.4 is 15.0 Å². The van der Waals surface area contributed by atoms with Gasteiger partial charge >= 0.3 is 0 Å². The molecule has 2 aromatic rings. The number of nitrogens with one attached hydrogen (secondary N) is 1. The average molecular weight is 374 g/mol. The highest BCUT2D eigenvalue weighted by Gasteiger charge is 2.26. The minimum Gasteiger partial charge on any atom is -0.497 e. The maximum atomic E-state index is 12.6. The predicted octanol–water partition coefficient (Wildman–Crippen LogP) is 3.50. The third-order valence-electron chi connectivity index (χ3n) is 4.79. The molecule has 6 heteroatoms. The lowest BCUT2D eigenvalue weighted by atomic mass is 10.2. The second-order valence-electron chi connectivity index (χ2n) is 6.37. The van der Waals surface area contributed by atoms with Gasteiger partial charge in [-0.25, -0.2) is 0 Å². The fourth-order valence-corrected chi connectivity index (χ4v) is 3.32. The Bertz CT molecular complexity index is 760. The molecule has 1 amide bonds. The number of ether oxygens (including phenoxy) is 1. The van der Waals surface area contributed by atoms with Crippen LogP contribution in [-0.2, 0) is 4.79 Å². The number of piperazine rings is 1. The molecule has 0 spiro atoms. The Morgan fingerprint density at radius 2 is 1.85 bits per heavy atom. The summed E-state index contributed by atoms with van der Waals surface area (Å²) in [5.41, 5.74) is 1.80. The van der Waals surface area contributed by atoms with Crippen LogP contribution in [0.4, 0.5) is 11.4 Å². The molecule has 1 aliphatic rings. The molecule has 0 aliphatic carbocycles. The molecule has 138 valence electrons. The molecule has 1 aliphatic heterocycles. The first-order valence-electron chi connectivity index (χ1n) is 8.77. The van der Waals surface area contributed by atoms with Gasteiger partial charge in [0, 0.05) is 37.9 Å². The summed E-state index contributed by atoms with van der Waals surface area (Å²) in [5.74, 6) is 0.824. The van der Waals surface area contributed by atoms with Crippen LogP contribution >= 0.6 is 11.6 Å². The molecular weight excluding hydrogens is 350 g/mol. The van der Waals surface area contributed by atoms with Crippen molar-refractivity contribution in [1.29, 1.82) is 0 Å². The maximum Gasteiger partial charge on any atom is 0.241 e. The van der Waals surface area contributed by atoms with Crippen LogP contribution in [0.5, 0.6) is 5.75 Å². The van der Waals surface area contributed by atoms with E-state index in [-0.39, 0.29) is 11.9 Å². The molecule has 2 aromatic carbocycles. The van der Waals surface area contributed by atoms with E-state index >= 15 is 0 Å². The van der Waals surface area contributed by atoms with E-state index in [2.05, 4.69) is 21.2 Å². The highest BCUT2D eigenvalue weighted by atomic mass is 35.5. The van der Waals surface area contributed by atoms with Crippen molar-refractivity contribution in [1.82, 2.24) is 4.90 Å². The van der Waals surface area contributed by atoms with E-state index < -0.39 is 0 Å². The number of rotatable bonds is 5. The van der Waals surface area contributed by atoms with Crippen molar-refractivity contribution in [3.05, 3.63) is 53.6 Å². The Labute approximate surface area is 159 Å². The third kappa shape index (κ3) is 4.29. The van der Waals surface area contributed by atoms with Crippen LogP contribution in [0.15, 0.2) is 48.5 Å². The second kappa shape index (κ2) is 8.43. The first-order valence-corrected chi connectivity index (χ1v) is 9.14. The summed E-state index contributed by atoms with van der Waals surface area (Å²) >= 11 is 6.13. The van der Waals surface area contributed by atoms with E-state index in [1.807, 2.05) is 43.3 Å². The van der Waals surface area contributed by atoms with Gasteiger partial charge in [-0.2, -0.15) is 0 Å². The Morgan fingerprint density at radius 1 is 1.12 bits per heavy atom. The first kappa shape index (κ1) is 18.5. The molecule has 26 heavy (non-hydrogen) atoms. The van der Waals surface area contributed by atoms with Gasteiger partial charge in [-0.15, -0.1) is 0 Å². The summed E-state index contributed by atoms with van der Waals surface area (Å²) in [5, 5.41) is 3.47. The van der Waals surface area contributed by atoms with Crippen LogP contribution in [0, 0.1) is 0 Å². The lowest BCUT2D eigenvalue weighted by Gasteiger charge is -2.38. The van der Waals surface area contributed by atoms with E-state index in [9.17, 15) is 4.79 Å². The summed E-state index contributed by atoms with van der Waals surface area (Å²) < 4.78 is 5.30. The number of benzene rings is 2. The predicted molar refractivity (Wildman–Crippen MR) is 106 cm³/mol. The number of hydrogen-bond donors (Lipinski definition) is 1. The zero-order chi connectivity index (χ0) is 18.5. The molecular formula is C20H24ClN3O2. The maximum absolute atomic E-state index is 12.6. The van der Waals surface area contributed by atoms with E-state index in [1.54, 1.807) is 13.2 Å². The lowest BCUT2D eigenvalue weighted by molar-refractivity contribution is -0.120. The molecule has 5 nitrogen and oxygen atoms in total. The van der Waals surface area contributed by atoms with Gasteiger partial charge in [0.1, 0.15) is 5.75 Å². The Balaban J connectivity index is 1.57.